The third-order valence-corrected chi connectivity index (χ3v) is 3.76. The van der Waals surface area contributed by atoms with Gasteiger partial charge < -0.3 is 15.0 Å². The van der Waals surface area contributed by atoms with Crippen molar-refractivity contribution < 1.29 is 9.53 Å². The van der Waals surface area contributed by atoms with Crippen molar-refractivity contribution in [2.45, 2.75) is 51.2 Å². The van der Waals surface area contributed by atoms with E-state index in [2.05, 4.69) is 12.2 Å². The highest BCUT2D eigenvalue weighted by atomic mass is 16.5. The Bertz CT molecular complexity index is 246. The lowest BCUT2D eigenvalue weighted by Gasteiger charge is -2.25. The number of rotatable bonds is 5. The Kier molecular flexibility index (Phi) is 4.80. The fourth-order valence-corrected chi connectivity index (χ4v) is 2.72. The zero-order valence-electron chi connectivity index (χ0n) is 10.8. The fraction of sp³-hybridized carbons (Fsp3) is 0.923. The molecular weight excluding hydrogens is 216 g/mol. The quantitative estimate of drug-likeness (QED) is 0.784. The lowest BCUT2D eigenvalue weighted by Crippen LogP contribution is -2.41. The predicted octanol–water partition coefficient (Wildman–Crippen LogP) is 1.16. The molecule has 0 aliphatic carbocycles. The zero-order valence-corrected chi connectivity index (χ0v) is 10.8. The van der Waals surface area contributed by atoms with Crippen LogP contribution in [0.5, 0.6) is 0 Å². The number of nitrogens with zero attached hydrogens (tertiary/aromatic N) is 1. The highest BCUT2D eigenvalue weighted by Gasteiger charge is 2.24. The molecular formula is C13H24N2O2. The van der Waals surface area contributed by atoms with Crippen molar-refractivity contribution in [2.24, 2.45) is 0 Å². The van der Waals surface area contributed by atoms with E-state index in [4.69, 9.17) is 4.74 Å². The average Bonchev–Trinajstić information content (AvgIpc) is 2.97. The maximum absolute atomic E-state index is 12.1. The molecule has 0 radical (unpaired) electrons. The largest absolute Gasteiger partial charge is 0.378 e. The standard InChI is InChI=1S/C13H24N2O2/c1-2-15(10-11-5-3-7-14-11)13(16)9-12-6-4-8-17-12/h11-12,14H,2-10H2,1H3. The van der Waals surface area contributed by atoms with Crippen molar-refractivity contribution in [3.63, 3.8) is 0 Å². The Morgan fingerprint density at radius 2 is 2.29 bits per heavy atom. The smallest absolute Gasteiger partial charge is 0.225 e. The molecule has 1 N–H and O–H groups in total. The first-order valence-electron chi connectivity index (χ1n) is 6.92. The molecule has 2 saturated heterocycles. The van der Waals surface area contributed by atoms with Crippen LogP contribution in [0.15, 0.2) is 0 Å². The van der Waals surface area contributed by atoms with E-state index in [1.54, 1.807) is 0 Å². The molecule has 2 unspecified atom stereocenters. The molecule has 2 heterocycles. The normalized spacial score (nSPS) is 28.5. The van der Waals surface area contributed by atoms with Gasteiger partial charge in [-0.05, 0) is 39.2 Å². The molecule has 2 rings (SSSR count). The molecule has 0 aromatic heterocycles. The molecule has 2 aliphatic rings. The maximum Gasteiger partial charge on any atom is 0.225 e. The summed E-state index contributed by atoms with van der Waals surface area (Å²) in [5, 5.41) is 3.44. The van der Waals surface area contributed by atoms with Crippen LogP contribution in [0.4, 0.5) is 0 Å². The van der Waals surface area contributed by atoms with Crippen LogP contribution >= 0.6 is 0 Å². The minimum Gasteiger partial charge on any atom is -0.378 e. The van der Waals surface area contributed by atoms with Gasteiger partial charge in [-0.1, -0.05) is 0 Å². The predicted molar refractivity (Wildman–Crippen MR) is 66.9 cm³/mol. The molecule has 4 heteroatoms. The Balaban J connectivity index is 1.77. The number of carbonyl (C=O) groups is 1. The lowest BCUT2D eigenvalue weighted by atomic mass is 10.1. The van der Waals surface area contributed by atoms with E-state index >= 15 is 0 Å². The van der Waals surface area contributed by atoms with Crippen molar-refractivity contribution in [3.8, 4) is 0 Å². The van der Waals surface area contributed by atoms with Gasteiger partial charge in [0, 0.05) is 25.7 Å². The molecule has 4 nitrogen and oxygen atoms in total. The van der Waals surface area contributed by atoms with Gasteiger partial charge in [0.1, 0.15) is 0 Å². The lowest BCUT2D eigenvalue weighted by molar-refractivity contribution is -0.133. The van der Waals surface area contributed by atoms with E-state index in [0.29, 0.717) is 12.5 Å². The van der Waals surface area contributed by atoms with E-state index in [1.165, 1.54) is 12.8 Å². The number of hydrogen-bond donors (Lipinski definition) is 1. The Labute approximate surface area is 104 Å². The van der Waals surface area contributed by atoms with Gasteiger partial charge in [-0.2, -0.15) is 0 Å². The summed E-state index contributed by atoms with van der Waals surface area (Å²) in [7, 11) is 0. The Morgan fingerprint density at radius 3 is 2.88 bits per heavy atom. The first kappa shape index (κ1) is 12.8. The van der Waals surface area contributed by atoms with Gasteiger partial charge in [-0.25, -0.2) is 0 Å². The third-order valence-electron chi connectivity index (χ3n) is 3.76. The minimum absolute atomic E-state index is 0.174. The second kappa shape index (κ2) is 6.36. The number of amides is 1. The second-order valence-electron chi connectivity index (χ2n) is 5.06. The van der Waals surface area contributed by atoms with E-state index in [-0.39, 0.29) is 12.0 Å². The van der Waals surface area contributed by atoms with Crippen molar-refractivity contribution in [1.82, 2.24) is 10.2 Å². The van der Waals surface area contributed by atoms with Crippen molar-refractivity contribution in [2.75, 3.05) is 26.2 Å². The number of likely N-dealkylation sites (N-methyl/N-ethyl adjacent to an activating group) is 1. The van der Waals surface area contributed by atoms with E-state index in [0.717, 1.165) is 39.1 Å². The zero-order chi connectivity index (χ0) is 12.1. The molecule has 1 amide bonds. The van der Waals surface area contributed by atoms with Gasteiger partial charge in [0.15, 0.2) is 0 Å². The van der Waals surface area contributed by atoms with Crippen LogP contribution in [0, 0.1) is 0 Å². The Hall–Kier alpha value is -0.610. The van der Waals surface area contributed by atoms with Gasteiger partial charge in [0.2, 0.25) is 5.91 Å². The SMILES string of the molecule is CCN(CC1CCCN1)C(=O)CC1CCCO1. The van der Waals surface area contributed by atoms with Crippen LogP contribution in [0.2, 0.25) is 0 Å². The summed E-state index contributed by atoms with van der Waals surface area (Å²) in [6, 6.07) is 0.503. The molecule has 17 heavy (non-hydrogen) atoms. The minimum atomic E-state index is 0.174. The average molecular weight is 240 g/mol. The van der Waals surface area contributed by atoms with Crippen molar-refractivity contribution >= 4 is 5.91 Å². The molecule has 0 bridgehead atoms. The molecule has 2 atom stereocenters. The molecule has 98 valence electrons. The summed E-state index contributed by atoms with van der Waals surface area (Å²) in [5.74, 6) is 0.258. The van der Waals surface area contributed by atoms with Gasteiger partial charge in [0.25, 0.3) is 0 Å². The topological polar surface area (TPSA) is 41.6 Å². The number of hydrogen-bond acceptors (Lipinski definition) is 3. The summed E-state index contributed by atoms with van der Waals surface area (Å²) in [6.07, 6.45) is 5.33. The van der Waals surface area contributed by atoms with Crippen molar-refractivity contribution in [3.05, 3.63) is 0 Å². The molecule has 2 aliphatic heterocycles. The highest BCUT2D eigenvalue weighted by Crippen LogP contribution is 2.17. The summed E-state index contributed by atoms with van der Waals surface area (Å²) in [6.45, 7) is 5.66. The Morgan fingerprint density at radius 1 is 1.41 bits per heavy atom. The third kappa shape index (κ3) is 3.68. The highest BCUT2D eigenvalue weighted by molar-refractivity contribution is 5.76. The fourth-order valence-electron chi connectivity index (χ4n) is 2.72. The van der Waals surface area contributed by atoms with Crippen LogP contribution in [-0.4, -0.2) is 49.2 Å². The summed E-state index contributed by atoms with van der Waals surface area (Å²) in [4.78, 5) is 14.1. The van der Waals surface area contributed by atoms with E-state index < -0.39 is 0 Å². The molecule has 0 aromatic rings. The van der Waals surface area contributed by atoms with E-state index in [9.17, 15) is 4.79 Å². The van der Waals surface area contributed by atoms with Gasteiger partial charge in [-0.3, -0.25) is 4.79 Å². The van der Waals surface area contributed by atoms with Gasteiger partial charge >= 0.3 is 0 Å². The molecule has 0 spiro atoms. The summed E-state index contributed by atoms with van der Waals surface area (Å²) in [5.41, 5.74) is 0. The number of nitrogens with one attached hydrogen (secondary N) is 1. The molecule has 0 aromatic carbocycles. The van der Waals surface area contributed by atoms with Crippen LogP contribution < -0.4 is 5.32 Å². The summed E-state index contributed by atoms with van der Waals surface area (Å²) >= 11 is 0. The van der Waals surface area contributed by atoms with Crippen LogP contribution in [0.25, 0.3) is 0 Å². The monoisotopic (exact) mass is 240 g/mol. The maximum atomic E-state index is 12.1. The van der Waals surface area contributed by atoms with Crippen molar-refractivity contribution in [1.29, 1.82) is 0 Å². The van der Waals surface area contributed by atoms with Gasteiger partial charge in [0.05, 0.1) is 12.5 Å². The van der Waals surface area contributed by atoms with E-state index in [1.807, 2.05) is 4.90 Å². The number of ether oxygens (including phenoxy) is 1. The molecule has 2 fully saturated rings. The number of carbonyl (C=O) groups excluding carboxylic acids is 1. The van der Waals surface area contributed by atoms with Crippen LogP contribution in [0.3, 0.4) is 0 Å². The first-order chi connectivity index (χ1) is 8.29. The van der Waals surface area contributed by atoms with Crippen LogP contribution in [0.1, 0.15) is 39.0 Å². The molecule has 0 saturated carbocycles. The van der Waals surface area contributed by atoms with Gasteiger partial charge in [-0.15, -0.1) is 0 Å². The first-order valence-corrected chi connectivity index (χ1v) is 6.92. The summed E-state index contributed by atoms with van der Waals surface area (Å²) < 4.78 is 5.53. The van der Waals surface area contributed by atoms with Crippen LogP contribution in [-0.2, 0) is 9.53 Å². The second-order valence-corrected chi connectivity index (χ2v) is 5.06.